The minimum absolute atomic E-state index is 0. The quantitative estimate of drug-likeness (QED) is 0.0659. The first-order valence-corrected chi connectivity index (χ1v) is 18.1. The molecule has 0 aliphatic carbocycles. The van der Waals surface area contributed by atoms with E-state index in [1.165, 1.54) is 44.2 Å². The molecule has 0 fully saturated rings. The summed E-state index contributed by atoms with van der Waals surface area (Å²) in [6.07, 6.45) is 8.01. The van der Waals surface area contributed by atoms with Crippen molar-refractivity contribution in [1.29, 1.82) is 0 Å². The molecule has 225 valence electrons. The SMILES string of the molecule is CC(C)Cc1cccc2c1sc1c(-c3[c-]c4ccccc4[te]3)nccc12.CCC(CC)C(=O)/C=C(\O)C(CC)CC.[Ir]. The Morgan fingerprint density at radius 2 is 1.60 bits per heavy atom. The normalized spacial score (nSPS) is 11.9. The van der Waals surface area contributed by atoms with Crippen molar-refractivity contribution in [3.8, 4) is 9.27 Å². The van der Waals surface area contributed by atoms with E-state index in [0.717, 1.165) is 37.8 Å². The van der Waals surface area contributed by atoms with Crippen molar-refractivity contribution in [2.75, 3.05) is 0 Å². The van der Waals surface area contributed by atoms with Crippen LogP contribution in [0.15, 0.2) is 66.6 Å². The number of benzene rings is 2. The van der Waals surface area contributed by atoms with Gasteiger partial charge >= 0.3 is 168 Å². The average molecular weight is 873 g/mol. The van der Waals surface area contributed by atoms with Gasteiger partial charge in [-0.15, -0.1) is 0 Å². The molecule has 2 aromatic carbocycles. The molecule has 3 heterocycles. The van der Waals surface area contributed by atoms with Crippen LogP contribution in [0.5, 0.6) is 0 Å². The van der Waals surface area contributed by atoms with E-state index in [4.69, 9.17) is 4.98 Å². The number of allylic oxidation sites excluding steroid dienone is 2. The van der Waals surface area contributed by atoms with Crippen LogP contribution in [0, 0.1) is 23.8 Å². The number of aliphatic hydroxyl groups excluding tert-OH is 1. The Kier molecular flexibility index (Phi) is 13.5. The number of pyridine rings is 1. The van der Waals surface area contributed by atoms with E-state index in [1.807, 2.05) is 45.2 Å². The van der Waals surface area contributed by atoms with Crippen molar-refractivity contribution in [3.63, 3.8) is 0 Å². The van der Waals surface area contributed by atoms with Crippen LogP contribution >= 0.6 is 11.3 Å². The zero-order valence-corrected chi connectivity index (χ0v) is 31.0. The molecule has 0 saturated carbocycles. The third-order valence-corrected chi connectivity index (χ3v) is 12.1. The second-order valence-electron chi connectivity index (χ2n) is 11.1. The van der Waals surface area contributed by atoms with E-state index in [9.17, 15) is 9.90 Å². The van der Waals surface area contributed by atoms with E-state index in [2.05, 4.69) is 68.4 Å². The molecule has 5 rings (SSSR count). The number of aromatic nitrogens is 1. The van der Waals surface area contributed by atoms with Gasteiger partial charge in [0.1, 0.15) is 0 Å². The van der Waals surface area contributed by atoms with Gasteiger partial charge in [-0.05, 0) is 25.7 Å². The van der Waals surface area contributed by atoms with Crippen LogP contribution < -0.4 is 0 Å². The summed E-state index contributed by atoms with van der Waals surface area (Å²) in [6, 6.07) is 21.3. The van der Waals surface area contributed by atoms with E-state index in [1.54, 1.807) is 0 Å². The van der Waals surface area contributed by atoms with Crippen LogP contribution in [0.2, 0.25) is 0 Å². The van der Waals surface area contributed by atoms with E-state index < -0.39 is 20.4 Å². The Balaban J connectivity index is 0.000000263. The van der Waals surface area contributed by atoms with Crippen LogP contribution in [0.25, 0.3) is 38.2 Å². The molecule has 5 aromatic rings. The number of hydrogen-bond acceptors (Lipinski definition) is 4. The third kappa shape index (κ3) is 8.02. The first-order valence-electron chi connectivity index (χ1n) is 15.0. The average Bonchev–Trinajstić information content (AvgIpc) is 3.57. The molecule has 0 aliphatic heterocycles. The number of rotatable bonds is 10. The monoisotopic (exact) mass is 875 g/mol. The van der Waals surface area contributed by atoms with E-state index in [0.29, 0.717) is 5.92 Å². The zero-order valence-electron chi connectivity index (χ0n) is 25.5. The molecule has 3 aromatic heterocycles. The van der Waals surface area contributed by atoms with Crippen LogP contribution in [0.4, 0.5) is 0 Å². The van der Waals surface area contributed by atoms with Gasteiger partial charge in [-0.3, -0.25) is 4.79 Å². The first-order chi connectivity index (χ1) is 19.8. The molecule has 0 atom stereocenters. The van der Waals surface area contributed by atoms with Crippen molar-refractivity contribution in [2.24, 2.45) is 17.8 Å². The number of carbonyl (C=O) groups is 1. The summed E-state index contributed by atoms with van der Waals surface area (Å²) in [5.41, 5.74) is 2.63. The van der Waals surface area contributed by atoms with Crippen molar-refractivity contribution in [1.82, 2.24) is 4.98 Å². The smallest absolute Gasteiger partial charge is 0.162 e. The molecule has 1 radical (unpaired) electrons. The number of thiophene rings is 1. The number of carbonyl (C=O) groups excluding carboxylic acids is 1. The fourth-order valence-electron chi connectivity index (χ4n) is 5.35. The van der Waals surface area contributed by atoms with Crippen molar-refractivity contribution >= 4 is 66.5 Å². The van der Waals surface area contributed by atoms with E-state index >= 15 is 0 Å². The fraction of sp³-hybridized carbons (Fsp3) is 0.389. The van der Waals surface area contributed by atoms with Gasteiger partial charge < -0.3 is 5.11 Å². The number of ketones is 1. The molecule has 0 amide bonds. The minimum atomic E-state index is -0.404. The van der Waals surface area contributed by atoms with Gasteiger partial charge in [-0.25, -0.2) is 0 Å². The molecule has 0 saturated heterocycles. The van der Waals surface area contributed by atoms with Gasteiger partial charge in [0.25, 0.3) is 0 Å². The maximum Gasteiger partial charge on any atom is 0.162 e. The van der Waals surface area contributed by atoms with E-state index in [-0.39, 0.29) is 43.5 Å². The first kappa shape index (κ1) is 34.7. The fourth-order valence-corrected chi connectivity index (χ4v) is 9.74. The summed E-state index contributed by atoms with van der Waals surface area (Å²) >= 11 is 1.52. The van der Waals surface area contributed by atoms with Crippen molar-refractivity contribution < 1.29 is 30.0 Å². The van der Waals surface area contributed by atoms with Gasteiger partial charge in [-0.1, -0.05) is 27.7 Å². The minimum Gasteiger partial charge on any atom is -0.512 e. The second kappa shape index (κ2) is 16.3. The predicted molar refractivity (Wildman–Crippen MR) is 178 cm³/mol. The Hall–Kier alpha value is -1.80. The molecule has 42 heavy (non-hydrogen) atoms. The standard InChI is InChI=1S/C23H18NSTe.C13H24O2.Ir/c1-14(2)12-16-7-5-8-17-18-10-11-24-21(23(18)25-22(16)17)20-13-15-6-3-4-9-19(15)26-20;1-5-10(6-2)12(14)9-13(15)11(7-3)8-4;/h3-11,14H,12H2,1-2H3;9-11,14H,5-8H2,1-4H3;/q-1;;/b;12-9-;. The largest absolute Gasteiger partial charge is 0.512 e. The summed E-state index contributed by atoms with van der Waals surface area (Å²) < 4.78 is 5.59. The third-order valence-electron chi connectivity index (χ3n) is 7.77. The van der Waals surface area contributed by atoms with Crippen LogP contribution in [-0.2, 0) is 31.3 Å². The Bertz CT molecular complexity index is 1610. The summed E-state index contributed by atoms with van der Waals surface area (Å²) in [7, 11) is 0. The summed E-state index contributed by atoms with van der Waals surface area (Å²) in [5, 5.41) is 13.8. The Morgan fingerprint density at radius 1 is 0.929 bits per heavy atom. The summed E-state index contributed by atoms with van der Waals surface area (Å²) in [5.74, 6) is 1.21. The van der Waals surface area contributed by atoms with Crippen LogP contribution in [0.3, 0.4) is 0 Å². The van der Waals surface area contributed by atoms with Gasteiger partial charge in [0, 0.05) is 38.0 Å². The molecule has 1 N–H and O–H groups in total. The zero-order chi connectivity index (χ0) is 29.5. The topological polar surface area (TPSA) is 50.2 Å². The van der Waals surface area contributed by atoms with Crippen LogP contribution in [-0.4, -0.2) is 36.3 Å². The van der Waals surface area contributed by atoms with Crippen molar-refractivity contribution in [3.05, 3.63) is 78.2 Å². The summed E-state index contributed by atoms with van der Waals surface area (Å²) in [6.45, 7) is 12.7. The van der Waals surface area contributed by atoms with Gasteiger partial charge in [0.05, 0.1) is 5.76 Å². The molecule has 6 heteroatoms. The maximum atomic E-state index is 11.7. The molecular weight excluding hydrogens is 830 g/mol. The molecule has 0 aliphatic rings. The molecule has 0 bridgehead atoms. The molecular formula is C36H42IrNO2STe-. The number of fused-ring (bicyclic) bond motifs is 4. The number of hydrogen-bond donors (Lipinski definition) is 1. The van der Waals surface area contributed by atoms with Gasteiger partial charge in [0.15, 0.2) is 5.78 Å². The summed E-state index contributed by atoms with van der Waals surface area (Å²) in [4.78, 5) is 16.5. The van der Waals surface area contributed by atoms with Gasteiger partial charge in [-0.2, -0.15) is 0 Å². The molecule has 3 nitrogen and oxygen atoms in total. The Morgan fingerprint density at radius 3 is 2.24 bits per heavy atom. The molecule has 0 unspecified atom stereocenters. The predicted octanol–water partition coefficient (Wildman–Crippen LogP) is 10.2. The Labute approximate surface area is 278 Å². The van der Waals surface area contributed by atoms with Crippen molar-refractivity contribution in [2.45, 2.75) is 73.6 Å². The second-order valence-corrected chi connectivity index (χ2v) is 15.1. The van der Waals surface area contributed by atoms with Gasteiger partial charge in [0.2, 0.25) is 0 Å². The number of nitrogens with zero attached hydrogens (tertiary/aromatic N) is 1. The van der Waals surface area contributed by atoms with Crippen LogP contribution in [0.1, 0.15) is 72.8 Å². The maximum absolute atomic E-state index is 11.7. The number of aliphatic hydroxyl groups is 1. The molecule has 0 spiro atoms.